The van der Waals surface area contributed by atoms with Crippen molar-refractivity contribution < 1.29 is 4.74 Å². The highest BCUT2D eigenvalue weighted by Gasteiger charge is 2.14. The van der Waals surface area contributed by atoms with Crippen LogP contribution in [0.4, 0.5) is 0 Å². The van der Waals surface area contributed by atoms with Gasteiger partial charge in [0.2, 0.25) is 0 Å². The molecule has 0 radical (unpaired) electrons. The lowest BCUT2D eigenvalue weighted by atomic mass is 10.1. The number of aromatic nitrogens is 4. The van der Waals surface area contributed by atoms with E-state index in [2.05, 4.69) is 25.9 Å². The molecule has 0 unspecified atom stereocenters. The highest BCUT2D eigenvalue weighted by Crippen LogP contribution is 2.33. The summed E-state index contributed by atoms with van der Waals surface area (Å²) < 4.78 is 8.90. The topological polar surface area (TPSA) is 52.8 Å². The number of fused-ring (bicyclic) bond motifs is 1. The quantitative estimate of drug-likeness (QED) is 0.427. The van der Waals surface area contributed by atoms with Gasteiger partial charge in [-0.2, -0.15) is 0 Å². The van der Waals surface area contributed by atoms with Crippen molar-refractivity contribution in [3.8, 4) is 17.1 Å². The van der Waals surface area contributed by atoms with Crippen molar-refractivity contribution in [1.29, 1.82) is 0 Å². The Morgan fingerprint density at radius 1 is 1.26 bits per heavy atom. The number of imidazole rings is 1. The second-order valence-electron chi connectivity index (χ2n) is 6.20. The van der Waals surface area contributed by atoms with E-state index in [1.54, 1.807) is 18.6 Å². The molecule has 0 saturated carbocycles. The van der Waals surface area contributed by atoms with Crippen molar-refractivity contribution >= 4 is 38.4 Å². The maximum absolute atomic E-state index is 6.25. The van der Waals surface area contributed by atoms with E-state index in [-0.39, 0.29) is 0 Å². The van der Waals surface area contributed by atoms with Crippen LogP contribution in [-0.2, 0) is 13.7 Å². The molecule has 0 aliphatic heterocycles. The summed E-state index contributed by atoms with van der Waals surface area (Å²) in [4.78, 5) is 13.3. The van der Waals surface area contributed by atoms with Gasteiger partial charge in [0.1, 0.15) is 23.7 Å². The van der Waals surface area contributed by atoms with Crippen molar-refractivity contribution in [1.82, 2.24) is 19.5 Å². The summed E-state index contributed by atoms with van der Waals surface area (Å²) in [6.45, 7) is 2.29. The van der Waals surface area contributed by atoms with Crippen molar-refractivity contribution in [3.05, 3.63) is 69.8 Å². The SMILES string of the molecule is Cc1cc(-c2nccn2C)c2cccc(OCc3c(Cl)cncc3Br)c2n1. The summed E-state index contributed by atoms with van der Waals surface area (Å²) >= 11 is 9.72. The largest absolute Gasteiger partial charge is 0.487 e. The first-order chi connectivity index (χ1) is 13.0. The fourth-order valence-electron chi connectivity index (χ4n) is 3.00. The van der Waals surface area contributed by atoms with Crippen LogP contribution in [-0.4, -0.2) is 19.5 Å². The van der Waals surface area contributed by atoms with Crippen molar-refractivity contribution in [2.75, 3.05) is 0 Å². The number of hydrogen-bond donors (Lipinski definition) is 0. The van der Waals surface area contributed by atoms with Gasteiger partial charge in [0.15, 0.2) is 0 Å². The molecule has 27 heavy (non-hydrogen) atoms. The average molecular weight is 444 g/mol. The van der Waals surface area contributed by atoms with E-state index < -0.39 is 0 Å². The number of pyridine rings is 2. The predicted molar refractivity (Wildman–Crippen MR) is 110 cm³/mol. The van der Waals surface area contributed by atoms with E-state index in [4.69, 9.17) is 21.3 Å². The van der Waals surface area contributed by atoms with E-state index in [0.29, 0.717) is 17.4 Å². The van der Waals surface area contributed by atoms with Gasteiger partial charge < -0.3 is 9.30 Å². The van der Waals surface area contributed by atoms with Crippen LogP contribution in [0, 0.1) is 6.92 Å². The van der Waals surface area contributed by atoms with E-state index in [9.17, 15) is 0 Å². The van der Waals surface area contributed by atoms with Crippen LogP contribution in [0.1, 0.15) is 11.3 Å². The van der Waals surface area contributed by atoms with E-state index in [1.807, 2.05) is 49.0 Å². The van der Waals surface area contributed by atoms with E-state index in [1.165, 1.54) is 0 Å². The summed E-state index contributed by atoms with van der Waals surface area (Å²) in [5, 5.41) is 1.55. The molecule has 0 atom stereocenters. The van der Waals surface area contributed by atoms with Crippen LogP contribution >= 0.6 is 27.5 Å². The lowest BCUT2D eigenvalue weighted by Gasteiger charge is -2.13. The fraction of sp³-hybridized carbons (Fsp3) is 0.150. The monoisotopic (exact) mass is 442 g/mol. The maximum atomic E-state index is 6.25. The molecule has 7 heteroatoms. The molecule has 4 rings (SSSR count). The second-order valence-corrected chi connectivity index (χ2v) is 7.46. The van der Waals surface area contributed by atoms with Gasteiger partial charge >= 0.3 is 0 Å². The number of para-hydroxylation sites is 1. The number of rotatable bonds is 4. The summed E-state index contributed by atoms with van der Waals surface area (Å²) in [5.74, 6) is 1.59. The van der Waals surface area contributed by atoms with Gasteiger partial charge in [0.25, 0.3) is 0 Å². The molecule has 0 aliphatic carbocycles. The Hall–Kier alpha value is -2.44. The molecule has 0 spiro atoms. The number of aryl methyl sites for hydroxylation is 2. The van der Waals surface area contributed by atoms with Crippen molar-refractivity contribution in [2.45, 2.75) is 13.5 Å². The minimum absolute atomic E-state index is 0.314. The molecule has 5 nitrogen and oxygen atoms in total. The number of ether oxygens (including phenoxy) is 1. The van der Waals surface area contributed by atoms with Crippen LogP contribution in [0.5, 0.6) is 5.75 Å². The van der Waals surface area contributed by atoms with Gasteiger partial charge in [0, 0.05) is 58.5 Å². The number of halogens is 2. The van der Waals surface area contributed by atoms with Gasteiger partial charge in [-0.15, -0.1) is 0 Å². The first-order valence-corrected chi connectivity index (χ1v) is 9.50. The van der Waals surface area contributed by atoms with E-state index in [0.717, 1.165) is 38.0 Å². The third-order valence-corrected chi connectivity index (χ3v) is 5.33. The van der Waals surface area contributed by atoms with Crippen molar-refractivity contribution in [2.24, 2.45) is 7.05 Å². The molecule has 0 bridgehead atoms. The molecule has 3 heterocycles. The van der Waals surface area contributed by atoms with Gasteiger partial charge in [-0.1, -0.05) is 23.7 Å². The van der Waals surface area contributed by atoms with Gasteiger partial charge in [-0.25, -0.2) is 9.97 Å². The van der Waals surface area contributed by atoms with Crippen LogP contribution in [0.2, 0.25) is 5.02 Å². The van der Waals surface area contributed by atoms with Crippen LogP contribution < -0.4 is 4.74 Å². The Balaban J connectivity index is 1.79. The Morgan fingerprint density at radius 3 is 2.85 bits per heavy atom. The Bertz CT molecular complexity index is 1120. The molecule has 0 saturated heterocycles. The highest BCUT2D eigenvalue weighted by atomic mass is 79.9. The zero-order chi connectivity index (χ0) is 19.0. The molecule has 0 amide bonds. The standard InChI is InChI=1S/C20H16BrClN4O/c1-12-8-14(20-24-6-7-26(20)2)13-4-3-5-18(19(13)25-12)27-11-15-16(21)9-23-10-17(15)22/h3-10H,11H2,1-2H3. The normalized spacial score (nSPS) is 11.1. The van der Waals surface area contributed by atoms with Gasteiger partial charge in [-0.3, -0.25) is 4.98 Å². The lowest BCUT2D eigenvalue weighted by Crippen LogP contribution is -2.01. The zero-order valence-corrected chi connectivity index (χ0v) is 17.1. The minimum Gasteiger partial charge on any atom is -0.487 e. The third-order valence-electron chi connectivity index (χ3n) is 4.32. The average Bonchev–Trinajstić information content (AvgIpc) is 3.06. The second kappa shape index (κ2) is 7.29. The smallest absolute Gasteiger partial charge is 0.146 e. The van der Waals surface area contributed by atoms with Crippen LogP contribution in [0.15, 0.2) is 53.5 Å². The number of nitrogens with zero attached hydrogens (tertiary/aromatic N) is 4. The summed E-state index contributed by atoms with van der Waals surface area (Å²) in [7, 11) is 1.98. The molecule has 0 fully saturated rings. The lowest BCUT2D eigenvalue weighted by molar-refractivity contribution is 0.308. The maximum Gasteiger partial charge on any atom is 0.146 e. The van der Waals surface area contributed by atoms with Gasteiger partial charge in [0.05, 0.1) is 5.02 Å². The van der Waals surface area contributed by atoms with Crippen molar-refractivity contribution in [3.63, 3.8) is 0 Å². The molecule has 0 N–H and O–H groups in total. The molecule has 3 aromatic heterocycles. The Kier molecular flexibility index (Phi) is 4.85. The summed E-state index contributed by atoms with van der Waals surface area (Å²) in [6.07, 6.45) is 7.03. The van der Waals surface area contributed by atoms with Crippen LogP contribution in [0.25, 0.3) is 22.3 Å². The molecule has 4 aromatic rings. The summed E-state index contributed by atoms with van der Waals surface area (Å²) in [6, 6.07) is 7.96. The first kappa shape index (κ1) is 17.9. The zero-order valence-electron chi connectivity index (χ0n) is 14.8. The first-order valence-electron chi connectivity index (χ1n) is 8.33. The molecule has 1 aromatic carbocycles. The highest BCUT2D eigenvalue weighted by molar-refractivity contribution is 9.10. The molecule has 0 aliphatic rings. The predicted octanol–water partition coefficient (Wildman–Crippen LogP) is 5.33. The minimum atomic E-state index is 0.314. The van der Waals surface area contributed by atoms with E-state index >= 15 is 0 Å². The number of hydrogen-bond acceptors (Lipinski definition) is 4. The Morgan fingerprint density at radius 2 is 2.11 bits per heavy atom. The fourth-order valence-corrected chi connectivity index (χ4v) is 3.78. The third kappa shape index (κ3) is 3.42. The Labute approximate surface area is 170 Å². The molecular formula is C20H16BrClN4O. The molecule has 136 valence electrons. The molecular weight excluding hydrogens is 428 g/mol. The number of benzene rings is 1. The summed E-state index contributed by atoms with van der Waals surface area (Å²) in [5.41, 5.74) is 3.58. The van der Waals surface area contributed by atoms with Crippen LogP contribution in [0.3, 0.4) is 0 Å². The van der Waals surface area contributed by atoms with Gasteiger partial charge in [-0.05, 0) is 35.0 Å².